The Labute approximate surface area is 194 Å². The van der Waals surface area contributed by atoms with Crippen molar-refractivity contribution in [1.82, 2.24) is 0 Å². The van der Waals surface area contributed by atoms with Crippen molar-refractivity contribution >= 4 is 11.9 Å². The van der Waals surface area contributed by atoms with Gasteiger partial charge in [-0.05, 0) is 44.9 Å². The van der Waals surface area contributed by atoms with E-state index in [9.17, 15) is 19.8 Å². The molecule has 0 bridgehead atoms. The summed E-state index contributed by atoms with van der Waals surface area (Å²) in [6, 6.07) is 3.13. The van der Waals surface area contributed by atoms with Gasteiger partial charge in [-0.25, -0.2) is 4.79 Å². The summed E-state index contributed by atoms with van der Waals surface area (Å²) in [6.45, 7) is 6.29. The zero-order valence-corrected chi connectivity index (χ0v) is 20.1. The molecule has 33 heavy (non-hydrogen) atoms. The molecule has 0 saturated carbocycles. The molecular weight excluding hydrogens is 432 g/mol. The maximum atomic E-state index is 12.6. The molecule has 186 valence electrons. The van der Waals surface area contributed by atoms with E-state index in [-0.39, 0.29) is 13.2 Å². The Hall–Kier alpha value is -2.52. The molecule has 0 spiro atoms. The van der Waals surface area contributed by atoms with Crippen molar-refractivity contribution < 1.29 is 43.5 Å². The Morgan fingerprint density at radius 1 is 1.12 bits per heavy atom. The van der Waals surface area contributed by atoms with Crippen LogP contribution >= 0.6 is 0 Å². The Bertz CT molecular complexity index is 805. The molecule has 4 atom stereocenters. The Morgan fingerprint density at radius 2 is 1.82 bits per heavy atom. The van der Waals surface area contributed by atoms with Gasteiger partial charge < -0.3 is 33.9 Å². The first-order chi connectivity index (χ1) is 15.6. The molecule has 0 fully saturated rings. The van der Waals surface area contributed by atoms with Gasteiger partial charge in [0.2, 0.25) is 12.5 Å². The highest BCUT2D eigenvalue weighted by Crippen LogP contribution is 2.43. The number of hydrogen-bond acceptors (Lipinski definition) is 9. The predicted octanol–water partition coefficient (Wildman–Crippen LogP) is 3.43. The fourth-order valence-electron chi connectivity index (χ4n) is 3.35. The number of carbonyl (C=O) groups is 2. The van der Waals surface area contributed by atoms with Gasteiger partial charge in [-0.2, -0.15) is 0 Å². The minimum atomic E-state index is -2.08. The summed E-state index contributed by atoms with van der Waals surface area (Å²) in [4.78, 5) is 24.7. The number of unbranched alkanes of at least 4 members (excludes halogenated alkanes) is 4. The van der Waals surface area contributed by atoms with E-state index in [1.807, 2.05) is 0 Å². The maximum absolute atomic E-state index is 12.6. The van der Waals surface area contributed by atoms with Crippen LogP contribution in [0.3, 0.4) is 0 Å². The number of fused-ring (bicyclic) bond motifs is 1. The van der Waals surface area contributed by atoms with E-state index < -0.39 is 35.9 Å². The second-order valence-electron chi connectivity index (χ2n) is 8.46. The molecule has 0 amide bonds. The summed E-state index contributed by atoms with van der Waals surface area (Å²) in [5.41, 5.74) is -1.70. The first-order valence-corrected chi connectivity index (χ1v) is 11.4. The van der Waals surface area contributed by atoms with Crippen LogP contribution in [0.15, 0.2) is 12.1 Å². The van der Waals surface area contributed by atoms with Crippen LogP contribution in [0.25, 0.3) is 0 Å². The van der Waals surface area contributed by atoms with E-state index in [0.717, 1.165) is 25.7 Å². The summed E-state index contributed by atoms with van der Waals surface area (Å²) in [6.07, 6.45) is 1.76. The number of carbonyl (C=O) groups excluding carboxylic acids is 2. The first-order valence-electron chi connectivity index (χ1n) is 11.4. The van der Waals surface area contributed by atoms with Crippen LogP contribution in [0.2, 0.25) is 0 Å². The molecule has 1 heterocycles. The summed E-state index contributed by atoms with van der Waals surface area (Å²) in [5.74, 6) is -0.274. The Morgan fingerprint density at radius 3 is 2.48 bits per heavy atom. The van der Waals surface area contributed by atoms with E-state index in [1.54, 1.807) is 12.1 Å². The number of esters is 2. The molecule has 0 aromatic heterocycles. The fourth-order valence-corrected chi connectivity index (χ4v) is 3.35. The lowest BCUT2D eigenvalue weighted by atomic mass is 10.00. The average molecular weight is 469 g/mol. The van der Waals surface area contributed by atoms with Gasteiger partial charge in [-0.15, -0.1) is 0 Å². The Kier molecular flexibility index (Phi) is 9.79. The summed E-state index contributed by atoms with van der Waals surface area (Å²) >= 11 is 0. The van der Waals surface area contributed by atoms with Gasteiger partial charge in [0.05, 0.1) is 7.11 Å². The van der Waals surface area contributed by atoms with Crippen molar-refractivity contribution in [1.29, 1.82) is 0 Å². The smallest absolute Gasteiger partial charge is 0.342 e. The van der Waals surface area contributed by atoms with Crippen LogP contribution in [-0.4, -0.2) is 53.9 Å². The quantitative estimate of drug-likeness (QED) is 0.331. The monoisotopic (exact) mass is 468 g/mol. The molecule has 0 aliphatic carbocycles. The molecule has 1 aromatic rings. The number of ether oxygens (including phenoxy) is 5. The Balaban J connectivity index is 1.93. The van der Waals surface area contributed by atoms with Crippen molar-refractivity contribution in [2.24, 2.45) is 0 Å². The third-order valence-corrected chi connectivity index (χ3v) is 5.76. The summed E-state index contributed by atoms with van der Waals surface area (Å²) < 4.78 is 26.5. The van der Waals surface area contributed by atoms with Gasteiger partial charge in [0.25, 0.3) is 0 Å². The first kappa shape index (κ1) is 26.7. The van der Waals surface area contributed by atoms with E-state index in [2.05, 4.69) is 6.92 Å². The van der Waals surface area contributed by atoms with E-state index in [4.69, 9.17) is 23.7 Å². The van der Waals surface area contributed by atoms with Gasteiger partial charge in [0.15, 0.2) is 17.1 Å². The molecule has 1 aliphatic rings. The zero-order valence-electron chi connectivity index (χ0n) is 20.1. The van der Waals surface area contributed by atoms with Gasteiger partial charge in [0.1, 0.15) is 18.3 Å². The number of aliphatic hydroxyl groups is 2. The number of hydrogen-bond donors (Lipinski definition) is 2. The van der Waals surface area contributed by atoms with Crippen LogP contribution < -0.4 is 14.2 Å². The fraction of sp³-hybridized carbons (Fsp3) is 0.667. The zero-order chi connectivity index (χ0) is 24.6. The van der Waals surface area contributed by atoms with Gasteiger partial charge in [0, 0.05) is 6.42 Å². The van der Waals surface area contributed by atoms with E-state index in [0.29, 0.717) is 29.2 Å². The van der Waals surface area contributed by atoms with Crippen LogP contribution in [0.5, 0.6) is 17.2 Å². The molecule has 0 unspecified atom stereocenters. The van der Waals surface area contributed by atoms with Gasteiger partial charge in [-0.3, -0.25) is 4.79 Å². The second-order valence-corrected chi connectivity index (χ2v) is 8.46. The van der Waals surface area contributed by atoms with Crippen molar-refractivity contribution in [2.75, 3.05) is 13.9 Å². The van der Waals surface area contributed by atoms with Crippen molar-refractivity contribution in [2.45, 2.75) is 90.1 Å². The highest BCUT2D eigenvalue weighted by Gasteiger charge is 2.42. The van der Waals surface area contributed by atoms with Crippen LogP contribution in [-0.2, 0) is 19.1 Å². The van der Waals surface area contributed by atoms with Crippen LogP contribution in [0.1, 0.15) is 77.9 Å². The topological polar surface area (TPSA) is 121 Å². The maximum Gasteiger partial charge on any atom is 0.342 e. The van der Waals surface area contributed by atoms with Crippen LogP contribution in [0.4, 0.5) is 0 Å². The SMILES string of the molecule is CCCCCCCC(=O)O[C@@H](C)[C@@](C)(O)C(=O)O[C@@H](C)[C@H](O)c1cc(OC)c2c(c1)OCO2. The third kappa shape index (κ3) is 6.98. The van der Waals surface area contributed by atoms with E-state index >= 15 is 0 Å². The van der Waals surface area contributed by atoms with Gasteiger partial charge in [-0.1, -0.05) is 32.6 Å². The molecule has 2 N–H and O–H groups in total. The third-order valence-electron chi connectivity index (χ3n) is 5.76. The number of aliphatic hydroxyl groups excluding tert-OH is 1. The number of benzene rings is 1. The number of rotatable bonds is 13. The predicted molar refractivity (Wildman–Crippen MR) is 119 cm³/mol. The standard InChI is InChI=1S/C24H36O9/c1-6-7-8-9-10-11-20(25)33-16(3)24(4,28)23(27)32-15(2)21(26)17-12-18(29-5)22-19(13-17)30-14-31-22/h12-13,15-16,21,26,28H,6-11,14H2,1-5H3/t15-,16-,21-,24+/m0/s1. The average Bonchev–Trinajstić information content (AvgIpc) is 3.26. The molecule has 0 saturated heterocycles. The highest BCUT2D eigenvalue weighted by atomic mass is 16.7. The lowest BCUT2D eigenvalue weighted by molar-refractivity contribution is -0.190. The van der Waals surface area contributed by atoms with Crippen molar-refractivity contribution in [3.05, 3.63) is 17.7 Å². The normalized spacial score (nSPS) is 16.9. The minimum absolute atomic E-state index is 0.0357. The molecule has 2 rings (SSSR count). The molecule has 1 aromatic carbocycles. The van der Waals surface area contributed by atoms with Crippen molar-refractivity contribution in [3.63, 3.8) is 0 Å². The highest BCUT2D eigenvalue weighted by molar-refractivity contribution is 5.80. The number of methoxy groups -OCH3 is 1. The minimum Gasteiger partial charge on any atom is -0.493 e. The molecule has 9 nitrogen and oxygen atoms in total. The largest absolute Gasteiger partial charge is 0.493 e. The second kappa shape index (κ2) is 12.1. The van der Waals surface area contributed by atoms with Crippen molar-refractivity contribution in [3.8, 4) is 17.2 Å². The van der Waals surface area contributed by atoms with Crippen LogP contribution in [0, 0.1) is 0 Å². The molecular formula is C24H36O9. The molecule has 9 heteroatoms. The van der Waals surface area contributed by atoms with E-state index in [1.165, 1.54) is 27.9 Å². The van der Waals surface area contributed by atoms with Gasteiger partial charge >= 0.3 is 11.9 Å². The summed E-state index contributed by atoms with van der Waals surface area (Å²) in [7, 11) is 1.46. The molecule has 0 radical (unpaired) electrons. The summed E-state index contributed by atoms with van der Waals surface area (Å²) in [5, 5.41) is 21.4. The molecule has 1 aliphatic heterocycles. The lowest BCUT2D eigenvalue weighted by Crippen LogP contribution is -2.49. The lowest BCUT2D eigenvalue weighted by Gasteiger charge is -2.30.